The Labute approximate surface area is 315 Å². The van der Waals surface area contributed by atoms with Gasteiger partial charge in [0.05, 0.1) is 30.9 Å². The van der Waals surface area contributed by atoms with Crippen LogP contribution in [0.4, 0.5) is 5.13 Å². The molecule has 2 heterocycles. The van der Waals surface area contributed by atoms with E-state index in [4.69, 9.17) is 5.73 Å². The number of likely N-dealkylation sites (N-methyl/N-ethyl adjacent to an activating group) is 1. The van der Waals surface area contributed by atoms with Crippen LogP contribution in [0.2, 0.25) is 0 Å². The molecule has 0 radical (unpaired) electrons. The molecule has 11 nitrogen and oxygen atoms in total. The highest BCUT2D eigenvalue weighted by molar-refractivity contribution is 7.13. The lowest BCUT2D eigenvalue weighted by Crippen LogP contribution is -2.52. The van der Waals surface area contributed by atoms with E-state index in [1.165, 1.54) is 24.2 Å². The molecule has 4 atom stereocenters. The van der Waals surface area contributed by atoms with Crippen molar-refractivity contribution in [2.24, 2.45) is 17.8 Å². The normalized spacial score (nSPS) is 18.1. The fraction of sp³-hybridized carbons (Fsp3) is 0.725. The summed E-state index contributed by atoms with van der Waals surface area (Å²) in [6.07, 6.45) is 11.9. The van der Waals surface area contributed by atoms with E-state index >= 15 is 0 Å². The number of pyridine rings is 1. The standard InChI is InChI=1S/C40H64N6O5S/c1-28(2)23-35(47)39(51)34(24-30-13-7-5-8-14-30)46(25-33-27-52-40(41)43-33)37(49)19-18-36(48)45(29(3)31-15-9-6-10-16-31)26-38(50)44(4)22-20-32-17-11-12-21-42-32/h11-12,17,21,27-31,34-35,39,47,51H,5-10,13-16,18-20,22-26H2,1-4H3,(H2,41,43)/t29-,34-,35-,39+/m0/s1. The summed E-state index contributed by atoms with van der Waals surface area (Å²) >= 11 is 1.29. The van der Waals surface area contributed by atoms with Crippen LogP contribution in [0.5, 0.6) is 0 Å². The lowest BCUT2D eigenvalue weighted by molar-refractivity contribution is -0.146. The first kappa shape index (κ1) is 41.7. The number of hydrogen-bond donors (Lipinski definition) is 3. The van der Waals surface area contributed by atoms with Crippen molar-refractivity contribution < 1.29 is 24.6 Å². The van der Waals surface area contributed by atoms with Gasteiger partial charge in [-0.3, -0.25) is 19.4 Å². The van der Waals surface area contributed by atoms with Crippen LogP contribution in [-0.2, 0) is 27.3 Å². The van der Waals surface area contributed by atoms with Crippen LogP contribution in [-0.4, -0.2) is 97.0 Å². The van der Waals surface area contributed by atoms with E-state index in [1.54, 1.807) is 27.9 Å². The number of hydrogen-bond acceptors (Lipinski definition) is 9. The van der Waals surface area contributed by atoms with Crippen LogP contribution >= 0.6 is 11.3 Å². The van der Waals surface area contributed by atoms with Crippen molar-refractivity contribution in [3.05, 3.63) is 41.2 Å². The molecule has 0 spiro atoms. The number of amides is 3. The molecular formula is C40H64N6O5S. The number of nitrogens with zero attached hydrogens (tertiary/aromatic N) is 5. The number of carbonyl (C=O) groups excluding carboxylic acids is 3. The zero-order valence-corrected chi connectivity index (χ0v) is 32.8. The molecular weight excluding hydrogens is 677 g/mol. The first-order valence-corrected chi connectivity index (χ1v) is 20.6. The van der Waals surface area contributed by atoms with Crippen molar-refractivity contribution in [1.29, 1.82) is 0 Å². The first-order chi connectivity index (χ1) is 24.9. The highest BCUT2D eigenvalue weighted by atomic mass is 32.1. The Morgan fingerprint density at radius 2 is 1.56 bits per heavy atom. The number of aliphatic hydroxyl groups is 2. The summed E-state index contributed by atoms with van der Waals surface area (Å²) in [5.41, 5.74) is 7.50. The lowest BCUT2D eigenvalue weighted by Gasteiger charge is -2.40. The average molecular weight is 741 g/mol. The van der Waals surface area contributed by atoms with Gasteiger partial charge in [-0.2, -0.15) is 0 Å². The fourth-order valence-corrected chi connectivity index (χ4v) is 8.66. The van der Waals surface area contributed by atoms with Crippen molar-refractivity contribution in [1.82, 2.24) is 24.7 Å². The van der Waals surface area contributed by atoms with Gasteiger partial charge in [0.15, 0.2) is 5.13 Å². The number of aliphatic hydroxyl groups excluding tert-OH is 2. The number of anilines is 1. The Morgan fingerprint density at radius 1 is 0.904 bits per heavy atom. The van der Waals surface area contributed by atoms with Crippen molar-refractivity contribution in [3.63, 3.8) is 0 Å². The summed E-state index contributed by atoms with van der Waals surface area (Å²) in [6.45, 7) is 6.62. The van der Waals surface area contributed by atoms with E-state index in [1.807, 2.05) is 44.4 Å². The molecule has 0 saturated heterocycles. The molecule has 2 saturated carbocycles. The minimum Gasteiger partial charge on any atom is -0.390 e. The predicted molar refractivity (Wildman–Crippen MR) is 206 cm³/mol. The third-order valence-corrected chi connectivity index (χ3v) is 12.0. The Balaban J connectivity index is 1.52. The largest absolute Gasteiger partial charge is 0.390 e. The van der Waals surface area contributed by atoms with Gasteiger partial charge in [-0.1, -0.05) is 71.3 Å². The predicted octanol–water partition coefficient (Wildman–Crippen LogP) is 5.83. The van der Waals surface area contributed by atoms with Gasteiger partial charge in [-0.05, 0) is 62.5 Å². The van der Waals surface area contributed by atoms with E-state index in [2.05, 4.69) is 9.97 Å². The molecule has 4 rings (SSSR count). The van der Waals surface area contributed by atoms with Crippen LogP contribution in [0.1, 0.15) is 122 Å². The third kappa shape index (κ3) is 12.8. The van der Waals surface area contributed by atoms with E-state index in [0.29, 0.717) is 48.5 Å². The monoisotopic (exact) mass is 740 g/mol. The molecule has 2 aromatic rings. The quantitative estimate of drug-likeness (QED) is 0.163. The molecule has 12 heteroatoms. The van der Waals surface area contributed by atoms with Gasteiger partial charge >= 0.3 is 0 Å². The molecule has 290 valence electrons. The molecule has 2 fully saturated rings. The molecule has 3 amide bonds. The van der Waals surface area contributed by atoms with Crippen molar-refractivity contribution >= 4 is 34.2 Å². The second kappa shape index (κ2) is 21.0. The van der Waals surface area contributed by atoms with Gasteiger partial charge in [0.1, 0.15) is 6.10 Å². The zero-order valence-electron chi connectivity index (χ0n) is 32.0. The summed E-state index contributed by atoms with van der Waals surface area (Å²) in [4.78, 5) is 55.9. The average Bonchev–Trinajstić information content (AvgIpc) is 3.57. The van der Waals surface area contributed by atoms with Gasteiger partial charge in [0.2, 0.25) is 17.7 Å². The van der Waals surface area contributed by atoms with Crippen LogP contribution in [0.25, 0.3) is 0 Å². The Kier molecular flexibility index (Phi) is 16.8. The molecule has 0 unspecified atom stereocenters. The Hall–Kier alpha value is -3.09. The van der Waals surface area contributed by atoms with Gasteiger partial charge in [-0.25, -0.2) is 4.98 Å². The van der Waals surface area contributed by atoms with Crippen molar-refractivity contribution in [3.8, 4) is 0 Å². The van der Waals surface area contributed by atoms with Gasteiger partial charge in [0.25, 0.3) is 0 Å². The maximum atomic E-state index is 14.4. The molecule has 2 aliphatic carbocycles. The number of rotatable bonds is 19. The smallest absolute Gasteiger partial charge is 0.241 e. The molecule has 0 bridgehead atoms. The topological polar surface area (TPSA) is 153 Å². The zero-order chi connectivity index (χ0) is 37.6. The highest BCUT2D eigenvalue weighted by Crippen LogP contribution is 2.33. The molecule has 2 aliphatic rings. The number of nitrogens with two attached hydrogens (primary N) is 1. The summed E-state index contributed by atoms with van der Waals surface area (Å²) in [6, 6.07) is 4.94. The first-order valence-electron chi connectivity index (χ1n) is 19.7. The summed E-state index contributed by atoms with van der Waals surface area (Å²) in [5, 5.41) is 25.1. The number of thiazole rings is 1. The Bertz CT molecular complexity index is 1380. The molecule has 2 aromatic heterocycles. The second-order valence-corrected chi connectivity index (χ2v) is 16.6. The summed E-state index contributed by atoms with van der Waals surface area (Å²) in [7, 11) is 1.76. The maximum Gasteiger partial charge on any atom is 0.241 e. The van der Waals surface area contributed by atoms with Crippen LogP contribution < -0.4 is 5.73 Å². The van der Waals surface area contributed by atoms with Gasteiger partial charge in [0, 0.05) is 56.2 Å². The number of aromatic nitrogens is 2. The fourth-order valence-electron chi connectivity index (χ4n) is 8.11. The lowest BCUT2D eigenvalue weighted by atomic mass is 9.81. The second-order valence-electron chi connectivity index (χ2n) is 15.7. The maximum absolute atomic E-state index is 14.4. The van der Waals surface area contributed by atoms with Gasteiger partial charge in [-0.15, -0.1) is 11.3 Å². The SMILES string of the molecule is CC(C)C[C@H](O)[C@H](O)[C@H](CC1CCCCC1)N(Cc1csc(N)n1)C(=O)CCC(=O)N(CC(=O)N(C)CCc1ccccn1)[C@@H](C)C1CCCCC1. The molecule has 0 aliphatic heterocycles. The molecule has 0 aromatic carbocycles. The van der Waals surface area contributed by atoms with Crippen molar-refractivity contribution in [2.75, 3.05) is 25.9 Å². The summed E-state index contributed by atoms with van der Waals surface area (Å²) in [5.74, 6) is 0.138. The van der Waals surface area contributed by atoms with Gasteiger partial charge < -0.3 is 30.6 Å². The number of nitrogen functional groups attached to an aromatic ring is 1. The van der Waals surface area contributed by atoms with Crippen LogP contribution in [0.15, 0.2) is 29.8 Å². The molecule has 52 heavy (non-hydrogen) atoms. The van der Waals surface area contributed by atoms with Crippen molar-refractivity contribution in [2.45, 2.75) is 148 Å². The minimum atomic E-state index is -1.15. The third-order valence-electron chi connectivity index (χ3n) is 11.3. The van der Waals surface area contributed by atoms with E-state index in [-0.39, 0.29) is 55.6 Å². The summed E-state index contributed by atoms with van der Waals surface area (Å²) < 4.78 is 0. The van der Waals surface area contributed by atoms with E-state index in [0.717, 1.165) is 57.1 Å². The number of carbonyl (C=O) groups is 3. The van der Waals surface area contributed by atoms with E-state index in [9.17, 15) is 24.6 Å². The van der Waals surface area contributed by atoms with Crippen LogP contribution in [0.3, 0.4) is 0 Å². The minimum absolute atomic E-state index is 0.0460. The highest BCUT2D eigenvalue weighted by Gasteiger charge is 2.37. The Morgan fingerprint density at radius 3 is 2.15 bits per heavy atom. The molecule has 4 N–H and O–H groups in total. The van der Waals surface area contributed by atoms with Crippen LogP contribution in [0, 0.1) is 17.8 Å². The van der Waals surface area contributed by atoms with E-state index < -0.39 is 18.2 Å².